The van der Waals surface area contributed by atoms with Gasteiger partial charge in [-0.3, -0.25) is 5.01 Å². The number of halogens is 3. The second-order valence-corrected chi connectivity index (χ2v) is 8.86. The van der Waals surface area contributed by atoms with Crippen molar-refractivity contribution in [2.75, 3.05) is 18.1 Å². The molecule has 0 spiro atoms. The summed E-state index contributed by atoms with van der Waals surface area (Å²) in [7, 11) is 0. The molecular formula is C22H24Cl3N3. The van der Waals surface area contributed by atoms with Gasteiger partial charge in [0.05, 0.1) is 16.8 Å². The summed E-state index contributed by atoms with van der Waals surface area (Å²) in [5.41, 5.74) is 2.05. The van der Waals surface area contributed by atoms with E-state index in [1.807, 2.05) is 24.3 Å². The average Bonchev–Trinajstić information content (AvgIpc) is 2.85. The van der Waals surface area contributed by atoms with Gasteiger partial charge in [-0.05, 0) is 48.7 Å². The first-order valence-electron chi connectivity index (χ1n) is 9.88. The van der Waals surface area contributed by atoms with E-state index in [2.05, 4.69) is 29.0 Å². The smallest absolute Gasteiger partial charge is 0.130 e. The summed E-state index contributed by atoms with van der Waals surface area (Å²) in [5.74, 6) is 1.39. The Hall–Kier alpha value is -1.42. The zero-order valence-corrected chi connectivity index (χ0v) is 18.2. The van der Waals surface area contributed by atoms with Crippen LogP contribution in [0.2, 0.25) is 15.1 Å². The van der Waals surface area contributed by atoms with E-state index in [1.54, 1.807) is 6.07 Å². The van der Waals surface area contributed by atoms with Gasteiger partial charge in [-0.2, -0.15) is 5.10 Å². The van der Waals surface area contributed by atoms with Gasteiger partial charge in [0.1, 0.15) is 5.84 Å². The maximum absolute atomic E-state index is 6.56. The van der Waals surface area contributed by atoms with Crippen LogP contribution in [0.25, 0.3) is 0 Å². The van der Waals surface area contributed by atoms with Crippen LogP contribution in [0.5, 0.6) is 0 Å². The van der Waals surface area contributed by atoms with Crippen LogP contribution in [0.15, 0.2) is 47.6 Å². The van der Waals surface area contributed by atoms with Gasteiger partial charge in [0.15, 0.2) is 0 Å². The Morgan fingerprint density at radius 2 is 1.50 bits per heavy atom. The minimum Gasteiger partial charge on any atom is -0.358 e. The molecule has 2 atom stereocenters. The van der Waals surface area contributed by atoms with E-state index < -0.39 is 0 Å². The molecule has 3 nitrogen and oxygen atoms in total. The predicted octanol–water partition coefficient (Wildman–Crippen LogP) is 7.03. The molecule has 1 saturated heterocycles. The Bertz CT molecular complexity index is 858. The molecule has 0 unspecified atom stereocenters. The Balaban J connectivity index is 1.75. The van der Waals surface area contributed by atoms with Gasteiger partial charge in [-0.15, -0.1) is 0 Å². The summed E-state index contributed by atoms with van der Waals surface area (Å²) < 4.78 is 0. The van der Waals surface area contributed by atoms with Gasteiger partial charge in [0.2, 0.25) is 0 Å². The van der Waals surface area contributed by atoms with Crippen molar-refractivity contribution in [3.63, 3.8) is 0 Å². The zero-order chi connectivity index (χ0) is 19.7. The number of amidine groups is 1. The summed E-state index contributed by atoms with van der Waals surface area (Å²) in [5, 5.41) is 9.12. The highest BCUT2D eigenvalue weighted by molar-refractivity contribution is 6.36. The maximum Gasteiger partial charge on any atom is 0.130 e. The van der Waals surface area contributed by atoms with Crippen molar-refractivity contribution in [2.45, 2.75) is 38.6 Å². The van der Waals surface area contributed by atoms with E-state index in [-0.39, 0.29) is 12.0 Å². The fourth-order valence-corrected chi connectivity index (χ4v) is 4.85. The Morgan fingerprint density at radius 1 is 0.857 bits per heavy atom. The van der Waals surface area contributed by atoms with Crippen molar-refractivity contribution in [3.05, 3.63) is 63.1 Å². The van der Waals surface area contributed by atoms with E-state index in [0.717, 1.165) is 29.6 Å². The number of hydrazone groups is 1. The van der Waals surface area contributed by atoms with Gasteiger partial charge in [-0.25, -0.2) is 0 Å². The topological polar surface area (TPSA) is 18.8 Å². The van der Waals surface area contributed by atoms with Crippen molar-refractivity contribution in [1.82, 2.24) is 4.90 Å². The number of benzene rings is 2. The lowest BCUT2D eigenvalue weighted by molar-refractivity contribution is 0.410. The van der Waals surface area contributed by atoms with Crippen LogP contribution >= 0.6 is 34.8 Å². The fraction of sp³-hybridized carbons (Fsp3) is 0.409. The van der Waals surface area contributed by atoms with Gasteiger partial charge >= 0.3 is 0 Å². The highest BCUT2D eigenvalue weighted by atomic mass is 35.5. The molecule has 2 aromatic carbocycles. The van der Waals surface area contributed by atoms with Crippen LogP contribution in [0.4, 0.5) is 5.69 Å². The predicted molar refractivity (Wildman–Crippen MR) is 120 cm³/mol. The first-order chi connectivity index (χ1) is 13.5. The van der Waals surface area contributed by atoms with Crippen molar-refractivity contribution < 1.29 is 0 Å². The summed E-state index contributed by atoms with van der Waals surface area (Å²) in [6.07, 6.45) is 5.04. The summed E-state index contributed by atoms with van der Waals surface area (Å²) in [4.78, 5) is 2.46. The monoisotopic (exact) mass is 435 g/mol. The molecule has 1 fully saturated rings. The van der Waals surface area contributed by atoms with Gasteiger partial charge in [0, 0.05) is 29.1 Å². The Kier molecular flexibility index (Phi) is 6.05. The van der Waals surface area contributed by atoms with Crippen LogP contribution in [0, 0.1) is 5.92 Å². The highest BCUT2D eigenvalue weighted by Gasteiger charge is 2.39. The third-order valence-electron chi connectivity index (χ3n) is 5.65. The van der Waals surface area contributed by atoms with Crippen LogP contribution in [0.3, 0.4) is 0 Å². The lowest BCUT2D eigenvalue weighted by Gasteiger charge is -2.29. The molecule has 2 heterocycles. The minimum absolute atomic E-state index is 0.0641. The first kappa shape index (κ1) is 19.9. The Labute approximate surface area is 181 Å². The SMILES string of the molecule is C[C@@H]1C(N2CCCCCC2)=NN(c2ccc(Cl)cc2Cl)[C@H]1c1ccc(Cl)cc1. The van der Waals surface area contributed by atoms with Gasteiger partial charge in [0.25, 0.3) is 0 Å². The fourth-order valence-electron chi connectivity index (χ4n) is 4.23. The molecule has 0 saturated carbocycles. The summed E-state index contributed by atoms with van der Waals surface area (Å²) in [6.45, 7) is 4.39. The van der Waals surface area contributed by atoms with E-state index in [4.69, 9.17) is 39.9 Å². The molecule has 2 aromatic rings. The highest BCUT2D eigenvalue weighted by Crippen LogP contribution is 2.43. The molecule has 148 valence electrons. The molecule has 2 aliphatic heterocycles. The van der Waals surface area contributed by atoms with E-state index in [9.17, 15) is 0 Å². The standard InChI is InChI=1S/C22H24Cl3N3/c1-15-21(16-6-8-17(23)9-7-16)28(20-11-10-18(24)14-19(20)25)26-22(15)27-12-4-2-3-5-13-27/h6-11,14-15,21H,2-5,12-13H2,1H3/t15-,21+/m0/s1. The molecule has 0 aliphatic carbocycles. The number of likely N-dealkylation sites (tertiary alicyclic amines) is 1. The lowest BCUT2D eigenvalue weighted by Crippen LogP contribution is -2.35. The molecule has 0 amide bonds. The van der Waals surface area contributed by atoms with E-state index in [0.29, 0.717) is 10.0 Å². The second kappa shape index (κ2) is 8.52. The molecule has 0 radical (unpaired) electrons. The maximum atomic E-state index is 6.56. The van der Waals surface area contributed by atoms with Crippen LogP contribution in [0.1, 0.15) is 44.2 Å². The number of hydrogen-bond acceptors (Lipinski definition) is 3. The molecule has 0 N–H and O–H groups in total. The van der Waals surface area contributed by atoms with Gasteiger partial charge in [-0.1, -0.05) is 66.7 Å². The number of hydrogen-bond donors (Lipinski definition) is 0. The first-order valence-corrected chi connectivity index (χ1v) is 11.0. The summed E-state index contributed by atoms with van der Waals surface area (Å²) >= 11 is 18.8. The van der Waals surface area contributed by atoms with E-state index in [1.165, 1.54) is 31.2 Å². The quantitative estimate of drug-likeness (QED) is 0.503. The molecule has 0 aromatic heterocycles. The molecule has 6 heteroatoms. The van der Waals surface area contributed by atoms with Crippen molar-refractivity contribution in [2.24, 2.45) is 11.0 Å². The van der Waals surface area contributed by atoms with E-state index >= 15 is 0 Å². The summed E-state index contributed by atoms with van der Waals surface area (Å²) in [6, 6.07) is 13.7. The molecule has 4 rings (SSSR count). The molecule has 0 bridgehead atoms. The van der Waals surface area contributed by atoms with Crippen LogP contribution < -0.4 is 5.01 Å². The van der Waals surface area contributed by atoms with Crippen molar-refractivity contribution in [3.8, 4) is 0 Å². The van der Waals surface area contributed by atoms with Crippen LogP contribution in [-0.4, -0.2) is 23.8 Å². The largest absolute Gasteiger partial charge is 0.358 e. The van der Waals surface area contributed by atoms with Crippen molar-refractivity contribution in [1.29, 1.82) is 0 Å². The number of nitrogens with zero attached hydrogens (tertiary/aromatic N) is 3. The molecule has 28 heavy (non-hydrogen) atoms. The van der Waals surface area contributed by atoms with Crippen LogP contribution in [-0.2, 0) is 0 Å². The normalized spacial score (nSPS) is 22.9. The number of rotatable bonds is 2. The second-order valence-electron chi connectivity index (χ2n) is 7.58. The minimum atomic E-state index is 0.0641. The molecular weight excluding hydrogens is 413 g/mol. The number of anilines is 1. The third-order valence-corrected chi connectivity index (χ3v) is 6.44. The average molecular weight is 437 g/mol. The Morgan fingerprint density at radius 3 is 2.14 bits per heavy atom. The third kappa shape index (κ3) is 3.98. The molecule has 2 aliphatic rings. The zero-order valence-electron chi connectivity index (χ0n) is 15.9. The lowest BCUT2D eigenvalue weighted by atomic mass is 9.93. The van der Waals surface area contributed by atoms with Crippen molar-refractivity contribution >= 4 is 46.3 Å². The van der Waals surface area contributed by atoms with Gasteiger partial charge < -0.3 is 4.90 Å².